The molecule has 2 aliphatic rings. The Kier molecular flexibility index (Phi) is 4.64. The summed E-state index contributed by atoms with van der Waals surface area (Å²) in [5.74, 6) is 0.345. The van der Waals surface area contributed by atoms with Crippen molar-refractivity contribution in [2.75, 3.05) is 31.1 Å². The van der Waals surface area contributed by atoms with Gasteiger partial charge in [-0.1, -0.05) is 6.07 Å². The van der Waals surface area contributed by atoms with Gasteiger partial charge in [0.2, 0.25) is 5.91 Å². The molecule has 0 aromatic heterocycles. The Labute approximate surface area is 136 Å². The van der Waals surface area contributed by atoms with E-state index in [0.717, 1.165) is 18.5 Å². The van der Waals surface area contributed by atoms with Crippen LogP contribution >= 0.6 is 0 Å². The number of anilines is 1. The van der Waals surface area contributed by atoms with Crippen molar-refractivity contribution in [3.63, 3.8) is 0 Å². The molecule has 0 atom stereocenters. The van der Waals surface area contributed by atoms with Crippen LogP contribution in [0.1, 0.15) is 31.2 Å². The summed E-state index contributed by atoms with van der Waals surface area (Å²) in [6.07, 6.45) is 2.71. The first kappa shape index (κ1) is 16.0. The number of Topliss-reactive ketones (excluding diaryl/α,β-unsaturated/α-hetero) is 1. The molecule has 1 aliphatic carbocycles. The number of nitrogens with zero attached hydrogens (tertiary/aromatic N) is 2. The zero-order valence-corrected chi connectivity index (χ0v) is 13.6. The van der Waals surface area contributed by atoms with Crippen LogP contribution in [-0.2, 0) is 9.59 Å². The number of rotatable bonds is 5. The molecule has 0 spiro atoms. The van der Waals surface area contributed by atoms with E-state index in [9.17, 15) is 14.0 Å². The van der Waals surface area contributed by atoms with E-state index in [1.54, 1.807) is 13.0 Å². The summed E-state index contributed by atoms with van der Waals surface area (Å²) in [4.78, 5) is 27.8. The Bertz CT molecular complexity index is 605. The minimum absolute atomic E-state index is 0.0645. The summed E-state index contributed by atoms with van der Waals surface area (Å²) in [7, 11) is 0. The van der Waals surface area contributed by atoms with Gasteiger partial charge in [-0.05, 0) is 31.9 Å². The van der Waals surface area contributed by atoms with Crippen LogP contribution in [0.5, 0.6) is 0 Å². The number of hydrogen-bond acceptors (Lipinski definition) is 3. The smallest absolute Gasteiger partial charge is 0.223 e. The second-order valence-corrected chi connectivity index (χ2v) is 6.49. The fraction of sp³-hybridized carbons (Fsp3) is 0.556. The summed E-state index contributed by atoms with van der Waals surface area (Å²) in [5, 5.41) is 0. The molecule has 0 bridgehead atoms. The zero-order chi connectivity index (χ0) is 16.4. The van der Waals surface area contributed by atoms with Crippen molar-refractivity contribution in [2.45, 2.75) is 32.6 Å². The molecule has 0 N–H and O–H groups in total. The predicted octanol–water partition coefficient (Wildman–Crippen LogP) is 2.54. The van der Waals surface area contributed by atoms with Crippen molar-refractivity contribution in [2.24, 2.45) is 5.92 Å². The van der Waals surface area contributed by atoms with Crippen LogP contribution in [0.3, 0.4) is 0 Å². The third-order valence-electron chi connectivity index (χ3n) is 4.83. The molecule has 2 fully saturated rings. The van der Waals surface area contributed by atoms with Gasteiger partial charge in [0.15, 0.2) is 0 Å². The van der Waals surface area contributed by atoms with E-state index in [1.807, 2.05) is 11.0 Å². The van der Waals surface area contributed by atoms with Crippen LogP contribution < -0.4 is 4.90 Å². The molecule has 4 nitrogen and oxygen atoms in total. The molecule has 1 saturated carbocycles. The van der Waals surface area contributed by atoms with E-state index in [2.05, 4.69) is 4.90 Å². The van der Waals surface area contributed by atoms with E-state index in [-0.39, 0.29) is 23.4 Å². The molecule has 5 heteroatoms. The lowest BCUT2D eigenvalue weighted by Crippen LogP contribution is -2.49. The average molecular weight is 318 g/mol. The SMILES string of the molecule is Cc1c(F)cccc1N1CCN(C(=O)CCC(=O)C2CC2)CC1. The van der Waals surface area contributed by atoms with E-state index >= 15 is 0 Å². The van der Waals surface area contributed by atoms with Crippen molar-refractivity contribution in [3.05, 3.63) is 29.6 Å². The first-order valence-corrected chi connectivity index (χ1v) is 8.37. The Morgan fingerprint density at radius 2 is 1.83 bits per heavy atom. The maximum absolute atomic E-state index is 13.7. The topological polar surface area (TPSA) is 40.6 Å². The fourth-order valence-electron chi connectivity index (χ4n) is 3.13. The Hall–Kier alpha value is -1.91. The summed E-state index contributed by atoms with van der Waals surface area (Å²) >= 11 is 0. The van der Waals surface area contributed by atoms with Gasteiger partial charge in [0, 0.05) is 56.2 Å². The molecule has 1 aromatic rings. The maximum Gasteiger partial charge on any atom is 0.223 e. The molecule has 1 saturated heterocycles. The number of carbonyl (C=O) groups is 2. The highest BCUT2D eigenvalue weighted by molar-refractivity contribution is 5.87. The van der Waals surface area contributed by atoms with Crippen molar-refractivity contribution in [1.82, 2.24) is 4.90 Å². The van der Waals surface area contributed by atoms with E-state index in [4.69, 9.17) is 0 Å². The van der Waals surface area contributed by atoms with Crippen molar-refractivity contribution >= 4 is 17.4 Å². The predicted molar refractivity (Wildman–Crippen MR) is 86.9 cm³/mol. The minimum Gasteiger partial charge on any atom is -0.368 e. The molecule has 23 heavy (non-hydrogen) atoms. The largest absolute Gasteiger partial charge is 0.368 e. The molecule has 1 heterocycles. The van der Waals surface area contributed by atoms with E-state index < -0.39 is 0 Å². The summed E-state index contributed by atoms with van der Waals surface area (Å²) in [5.41, 5.74) is 1.56. The van der Waals surface area contributed by atoms with Gasteiger partial charge in [0.1, 0.15) is 11.6 Å². The second kappa shape index (κ2) is 6.69. The van der Waals surface area contributed by atoms with Crippen LogP contribution in [0.15, 0.2) is 18.2 Å². The monoisotopic (exact) mass is 318 g/mol. The molecule has 1 amide bonds. The molecule has 3 rings (SSSR count). The third kappa shape index (κ3) is 3.71. The summed E-state index contributed by atoms with van der Waals surface area (Å²) < 4.78 is 13.7. The lowest BCUT2D eigenvalue weighted by molar-refractivity contribution is -0.133. The number of amides is 1. The van der Waals surface area contributed by atoms with Crippen molar-refractivity contribution in [1.29, 1.82) is 0 Å². The number of ketones is 1. The molecule has 1 aliphatic heterocycles. The van der Waals surface area contributed by atoms with Crippen LogP contribution in [-0.4, -0.2) is 42.8 Å². The van der Waals surface area contributed by atoms with Gasteiger partial charge in [0.25, 0.3) is 0 Å². The highest BCUT2D eigenvalue weighted by Gasteiger charge is 2.30. The van der Waals surface area contributed by atoms with Crippen LogP contribution in [0.4, 0.5) is 10.1 Å². The Morgan fingerprint density at radius 1 is 1.13 bits per heavy atom. The first-order valence-electron chi connectivity index (χ1n) is 8.37. The molecular weight excluding hydrogens is 295 g/mol. The highest BCUT2D eigenvalue weighted by atomic mass is 19.1. The van der Waals surface area contributed by atoms with Crippen molar-refractivity contribution in [3.8, 4) is 0 Å². The number of hydrogen-bond donors (Lipinski definition) is 0. The number of benzene rings is 1. The molecule has 0 unspecified atom stereocenters. The summed E-state index contributed by atoms with van der Waals surface area (Å²) in [6.45, 7) is 4.45. The van der Waals surface area contributed by atoms with Crippen LogP contribution in [0.25, 0.3) is 0 Å². The first-order chi connectivity index (χ1) is 11.1. The fourth-order valence-corrected chi connectivity index (χ4v) is 3.13. The zero-order valence-electron chi connectivity index (χ0n) is 13.6. The molecule has 0 radical (unpaired) electrons. The van der Waals surface area contributed by atoms with Gasteiger partial charge in [-0.2, -0.15) is 0 Å². The van der Waals surface area contributed by atoms with Crippen molar-refractivity contribution < 1.29 is 14.0 Å². The van der Waals surface area contributed by atoms with Crippen LogP contribution in [0, 0.1) is 18.7 Å². The van der Waals surface area contributed by atoms with Gasteiger partial charge in [-0.15, -0.1) is 0 Å². The van der Waals surface area contributed by atoms with E-state index in [0.29, 0.717) is 44.6 Å². The van der Waals surface area contributed by atoms with Gasteiger partial charge in [0.05, 0.1) is 0 Å². The number of carbonyl (C=O) groups excluding carboxylic acids is 2. The molecular formula is C18H23FN2O2. The van der Waals surface area contributed by atoms with Gasteiger partial charge < -0.3 is 9.80 Å². The van der Waals surface area contributed by atoms with E-state index in [1.165, 1.54) is 6.07 Å². The minimum atomic E-state index is -0.195. The Balaban J connectivity index is 1.50. The lowest BCUT2D eigenvalue weighted by Gasteiger charge is -2.37. The number of piperazine rings is 1. The lowest BCUT2D eigenvalue weighted by atomic mass is 10.1. The third-order valence-corrected chi connectivity index (χ3v) is 4.83. The quantitative estimate of drug-likeness (QED) is 0.838. The maximum atomic E-state index is 13.7. The number of halogens is 1. The normalized spacial score (nSPS) is 18.2. The highest BCUT2D eigenvalue weighted by Crippen LogP contribution is 2.31. The molecule has 124 valence electrons. The van der Waals surface area contributed by atoms with Gasteiger partial charge in [-0.25, -0.2) is 4.39 Å². The average Bonchev–Trinajstić information content (AvgIpc) is 3.40. The second-order valence-electron chi connectivity index (χ2n) is 6.49. The standard InChI is InChI=1S/C18H23FN2O2/c1-13-15(19)3-2-4-16(13)20-9-11-21(12-10-20)18(23)8-7-17(22)14-5-6-14/h2-4,14H,5-12H2,1H3. The van der Waals surface area contributed by atoms with Gasteiger partial charge in [-0.3, -0.25) is 9.59 Å². The van der Waals surface area contributed by atoms with Crippen LogP contribution in [0.2, 0.25) is 0 Å². The Morgan fingerprint density at radius 3 is 2.48 bits per heavy atom. The van der Waals surface area contributed by atoms with Gasteiger partial charge >= 0.3 is 0 Å². The molecule has 1 aromatic carbocycles. The summed E-state index contributed by atoms with van der Waals surface area (Å²) in [6, 6.07) is 5.11.